The highest BCUT2D eigenvalue weighted by Crippen LogP contribution is 2.68. The molecule has 250 valence electrons. The lowest BCUT2D eigenvalue weighted by Gasteiger charge is -2.42. The van der Waals surface area contributed by atoms with Crippen molar-refractivity contribution in [3.8, 4) is 56.8 Å². The Bertz CT molecular complexity index is 2740. The van der Waals surface area contributed by atoms with E-state index in [-0.39, 0.29) is 0 Å². The summed E-state index contributed by atoms with van der Waals surface area (Å²) in [6, 6.07) is 43.0. The summed E-state index contributed by atoms with van der Waals surface area (Å²) < 4.78 is 20.9. The minimum Gasteiger partial charge on any atom is -0.453 e. The Morgan fingerprint density at radius 2 is 0.943 bits per heavy atom. The van der Waals surface area contributed by atoms with Gasteiger partial charge >= 0.3 is 0 Å². The van der Waals surface area contributed by atoms with Crippen LogP contribution in [-0.4, -0.2) is 0 Å². The first-order chi connectivity index (χ1) is 26.2. The zero-order valence-corrected chi connectivity index (χ0v) is 28.8. The van der Waals surface area contributed by atoms with Gasteiger partial charge in [-0.2, -0.15) is 0 Å². The lowest BCUT2D eigenvalue weighted by molar-refractivity contribution is 0.418. The van der Waals surface area contributed by atoms with E-state index in [2.05, 4.69) is 170 Å². The van der Waals surface area contributed by atoms with Crippen molar-refractivity contribution in [2.75, 3.05) is 4.90 Å². The van der Waals surface area contributed by atoms with Gasteiger partial charge in [0.1, 0.15) is 17.1 Å². The smallest absolute Gasteiger partial charge is 0.156 e. The monoisotopic (exact) mass is 681 g/mol. The fourth-order valence-electron chi connectivity index (χ4n) is 9.00. The van der Waals surface area contributed by atoms with Crippen molar-refractivity contribution in [2.24, 2.45) is 11.8 Å². The van der Waals surface area contributed by atoms with Crippen LogP contribution < -0.4 is 19.1 Å². The third-order valence-corrected chi connectivity index (χ3v) is 11.5. The van der Waals surface area contributed by atoms with Crippen molar-refractivity contribution >= 4 is 44.2 Å². The van der Waals surface area contributed by atoms with Crippen molar-refractivity contribution in [1.29, 1.82) is 0 Å². The average Bonchev–Trinajstić information content (AvgIpc) is 3.20. The van der Waals surface area contributed by atoms with E-state index in [1.807, 2.05) is 0 Å². The van der Waals surface area contributed by atoms with E-state index in [9.17, 15) is 0 Å². The molecule has 0 fully saturated rings. The molecule has 2 aliphatic carbocycles. The standard InChI is InChI=1S/C49H31NO3/c1-28-20-21-39(40-17-7-6-14-34(28)40)33-26-45-49-46(27-33)53-44-25-32(38-19-9-13-30-11-3-5-16-36(30)38)23-42-48(44)50(49)47-41(51-42)22-31(24-43(47)52-45)37-18-8-12-29-10-2-4-15-35(29)37/h2-28,34H,1H3. The van der Waals surface area contributed by atoms with Crippen molar-refractivity contribution in [2.45, 2.75) is 6.92 Å². The van der Waals surface area contributed by atoms with Gasteiger partial charge in [0.05, 0.1) is 0 Å². The molecule has 0 bridgehead atoms. The fourth-order valence-corrected chi connectivity index (χ4v) is 9.00. The fraction of sp³-hybridized carbons (Fsp3) is 0.0612. The molecule has 0 radical (unpaired) electrons. The number of benzene rings is 7. The second kappa shape index (κ2) is 10.6. The van der Waals surface area contributed by atoms with Gasteiger partial charge in [0.15, 0.2) is 34.5 Å². The molecule has 0 spiro atoms. The number of hydrogen-bond donors (Lipinski definition) is 0. The highest BCUT2D eigenvalue weighted by atomic mass is 16.5. The predicted octanol–water partition coefficient (Wildman–Crippen LogP) is 13.8. The zero-order valence-electron chi connectivity index (χ0n) is 28.8. The summed E-state index contributed by atoms with van der Waals surface area (Å²) in [5.74, 6) is 5.26. The van der Waals surface area contributed by atoms with Crippen LogP contribution >= 0.6 is 0 Å². The first-order valence-electron chi connectivity index (χ1n) is 18.3. The molecular formula is C49H31NO3. The summed E-state index contributed by atoms with van der Waals surface area (Å²) in [7, 11) is 0. The van der Waals surface area contributed by atoms with Crippen LogP contribution in [0.15, 0.2) is 163 Å². The van der Waals surface area contributed by atoms with Gasteiger partial charge in [0.2, 0.25) is 0 Å². The molecule has 0 amide bonds. The lowest BCUT2D eigenvalue weighted by atomic mass is 9.76. The van der Waals surface area contributed by atoms with Crippen LogP contribution in [0.2, 0.25) is 0 Å². The average molecular weight is 682 g/mol. The van der Waals surface area contributed by atoms with E-state index in [0.29, 0.717) is 11.8 Å². The van der Waals surface area contributed by atoms with E-state index >= 15 is 0 Å². The van der Waals surface area contributed by atoms with Gasteiger partial charge in [-0.25, -0.2) is 0 Å². The normalized spacial score (nSPS) is 18.0. The molecule has 12 rings (SSSR count). The molecular weight excluding hydrogens is 651 g/mol. The van der Waals surface area contributed by atoms with Crippen molar-refractivity contribution in [1.82, 2.24) is 0 Å². The molecule has 2 atom stereocenters. The number of allylic oxidation sites excluding steroid dienone is 8. The third-order valence-electron chi connectivity index (χ3n) is 11.5. The van der Waals surface area contributed by atoms with Gasteiger partial charge in [0.25, 0.3) is 0 Å². The summed E-state index contributed by atoms with van der Waals surface area (Å²) in [5, 5.41) is 4.74. The molecule has 53 heavy (non-hydrogen) atoms. The van der Waals surface area contributed by atoms with Gasteiger partial charge in [0, 0.05) is 5.92 Å². The number of ether oxygens (including phenoxy) is 3. The Morgan fingerprint density at radius 3 is 1.47 bits per heavy atom. The van der Waals surface area contributed by atoms with Crippen LogP contribution in [-0.2, 0) is 0 Å². The van der Waals surface area contributed by atoms with Crippen molar-refractivity contribution in [3.05, 3.63) is 169 Å². The number of nitrogens with zero attached hydrogens (tertiary/aromatic N) is 1. The second-order valence-corrected chi connectivity index (χ2v) is 14.5. The Balaban J connectivity index is 1.11. The molecule has 0 saturated heterocycles. The maximum absolute atomic E-state index is 6.97. The van der Waals surface area contributed by atoms with Crippen molar-refractivity contribution in [3.63, 3.8) is 0 Å². The van der Waals surface area contributed by atoms with Gasteiger partial charge < -0.3 is 14.2 Å². The van der Waals surface area contributed by atoms with E-state index < -0.39 is 0 Å². The quantitative estimate of drug-likeness (QED) is 0.186. The van der Waals surface area contributed by atoms with E-state index in [0.717, 1.165) is 79.4 Å². The van der Waals surface area contributed by atoms with Gasteiger partial charge in [-0.05, 0) is 103 Å². The van der Waals surface area contributed by atoms with Crippen molar-refractivity contribution < 1.29 is 14.2 Å². The third kappa shape index (κ3) is 4.12. The SMILES string of the molecule is CC1C=CC(c2cc3c4c(c2)Oc2cc(-c5cccc6ccccc56)cc5c2N4c2c(cc(-c4cccc6ccccc46)cc2O5)O3)=C2C=CC=CC21. The molecule has 2 unspecified atom stereocenters. The first-order valence-corrected chi connectivity index (χ1v) is 18.3. The topological polar surface area (TPSA) is 30.9 Å². The summed E-state index contributed by atoms with van der Waals surface area (Å²) >= 11 is 0. The molecule has 0 N–H and O–H groups in total. The Morgan fingerprint density at radius 1 is 0.472 bits per heavy atom. The molecule has 3 heterocycles. The molecule has 0 aromatic heterocycles. The maximum atomic E-state index is 6.97. The van der Waals surface area contributed by atoms with Crippen LogP contribution in [0.5, 0.6) is 34.5 Å². The van der Waals surface area contributed by atoms with Gasteiger partial charge in [-0.15, -0.1) is 0 Å². The Labute approximate surface area is 306 Å². The van der Waals surface area contributed by atoms with Gasteiger partial charge in [-0.3, -0.25) is 4.90 Å². The molecule has 4 nitrogen and oxygen atoms in total. The lowest BCUT2D eigenvalue weighted by Crippen LogP contribution is -2.24. The molecule has 7 aromatic carbocycles. The van der Waals surface area contributed by atoms with E-state index in [4.69, 9.17) is 14.2 Å². The maximum Gasteiger partial charge on any atom is 0.156 e. The molecule has 0 saturated carbocycles. The van der Waals surface area contributed by atoms with Crippen LogP contribution in [0.1, 0.15) is 12.5 Å². The second-order valence-electron chi connectivity index (χ2n) is 14.5. The summed E-state index contributed by atoms with van der Waals surface area (Å²) in [6.07, 6.45) is 13.4. The molecule has 3 aliphatic heterocycles. The summed E-state index contributed by atoms with van der Waals surface area (Å²) in [4.78, 5) is 2.31. The van der Waals surface area contributed by atoms with Crippen LogP contribution in [0, 0.1) is 11.8 Å². The largest absolute Gasteiger partial charge is 0.453 e. The van der Waals surface area contributed by atoms with Crippen LogP contribution in [0.3, 0.4) is 0 Å². The minimum absolute atomic E-state index is 0.326. The van der Waals surface area contributed by atoms with Crippen LogP contribution in [0.4, 0.5) is 17.1 Å². The number of rotatable bonds is 3. The minimum atomic E-state index is 0.326. The summed E-state index contributed by atoms with van der Waals surface area (Å²) in [6.45, 7) is 2.28. The van der Waals surface area contributed by atoms with E-state index in [1.165, 1.54) is 32.7 Å². The number of anilines is 3. The molecule has 5 aliphatic rings. The zero-order chi connectivity index (χ0) is 34.8. The molecule has 7 aromatic rings. The first kappa shape index (κ1) is 28.9. The Hall–Kier alpha value is -6.78. The highest BCUT2D eigenvalue weighted by molar-refractivity contribution is 6.05. The van der Waals surface area contributed by atoms with Crippen LogP contribution in [0.25, 0.3) is 49.4 Å². The molecule has 4 heteroatoms. The highest BCUT2D eigenvalue weighted by Gasteiger charge is 2.43. The predicted molar refractivity (Wildman–Crippen MR) is 214 cm³/mol. The Kier molecular flexibility index (Phi) is 5.79. The van der Waals surface area contributed by atoms with E-state index in [1.54, 1.807) is 0 Å². The van der Waals surface area contributed by atoms with Gasteiger partial charge in [-0.1, -0.05) is 128 Å². The number of fused-ring (bicyclic) bond motifs is 3. The summed E-state index contributed by atoms with van der Waals surface area (Å²) in [5.41, 5.74) is 10.6. The number of hydrogen-bond acceptors (Lipinski definition) is 4.